The summed E-state index contributed by atoms with van der Waals surface area (Å²) >= 11 is 1.86. The molecular weight excluding hydrogens is 242 g/mol. The van der Waals surface area contributed by atoms with Crippen LogP contribution < -0.4 is 10.6 Å². The maximum absolute atomic E-state index is 4.46. The predicted molar refractivity (Wildman–Crippen MR) is 79.6 cm³/mol. The monoisotopic (exact) mass is 261 g/mol. The molecule has 1 unspecified atom stereocenters. The molecule has 0 aliphatic carbocycles. The molecule has 4 heteroatoms. The van der Waals surface area contributed by atoms with Crippen molar-refractivity contribution in [2.24, 2.45) is 0 Å². The average molecular weight is 261 g/mol. The first-order chi connectivity index (χ1) is 8.67. The van der Waals surface area contributed by atoms with Crippen LogP contribution in [0.2, 0.25) is 0 Å². The molecule has 2 N–H and O–H groups in total. The van der Waals surface area contributed by atoms with Crippen molar-refractivity contribution in [1.82, 2.24) is 4.98 Å². The van der Waals surface area contributed by atoms with Gasteiger partial charge in [0.05, 0.1) is 0 Å². The van der Waals surface area contributed by atoms with Gasteiger partial charge in [0.2, 0.25) is 0 Å². The molecule has 2 heterocycles. The van der Waals surface area contributed by atoms with Crippen molar-refractivity contribution >= 4 is 23.0 Å². The first-order valence-corrected chi connectivity index (χ1v) is 6.95. The fourth-order valence-electron chi connectivity index (χ4n) is 1.85. The fraction of sp³-hybridized carbons (Fsp3) is 0.357. The smallest absolute Gasteiger partial charge is 0.128 e. The third kappa shape index (κ3) is 3.47. The fourth-order valence-corrected chi connectivity index (χ4v) is 2.87. The molecule has 0 aliphatic heterocycles. The van der Waals surface area contributed by atoms with Gasteiger partial charge in [0.15, 0.2) is 0 Å². The number of anilines is 2. The topological polar surface area (TPSA) is 37.0 Å². The van der Waals surface area contributed by atoms with E-state index in [1.165, 1.54) is 9.75 Å². The van der Waals surface area contributed by atoms with Gasteiger partial charge in [-0.2, -0.15) is 0 Å². The molecule has 0 aromatic carbocycles. The molecular formula is C14H19N3S. The molecule has 0 spiro atoms. The molecule has 2 aromatic rings. The third-order valence-corrected chi connectivity index (χ3v) is 3.73. The summed E-state index contributed by atoms with van der Waals surface area (Å²) in [6.45, 7) is 4.33. The molecule has 2 aromatic heterocycles. The maximum atomic E-state index is 4.46. The van der Waals surface area contributed by atoms with Crippen molar-refractivity contribution in [2.75, 3.05) is 17.7 Å². The van der Waals surface area contributed by atoms with Crippen LogP contribution in [0.15, 0.2) is 30.3 Å². The Kier molecular flexibility index (Phi) is 4.20. The lowest BCUT2D eigenvalue weighted by Crippen LogP contribution is -2.18. The minimum atomic E-state index is 0.377. The van der Waals surface area contributed by atoms with Gasteiger partial charge in [0, 0.05) is 29.3 Å². The van der Waals surface area contributed by atoms with Crippen LogP contribution in [-0.4, -0.2) is 18.1 Å². The van der Waals surface area contributed by atoms with Crippen LogP contribution in [0.4, 0.5) is 11.6 Å². The molecule has 0 amide bonds. The van der Waals surface area contributed by atoms with Crippen LogP contribution in [0.3, 0.4) is 0 Å². The highest BCUT2D eigenvalue weighted by Gasteiger charge is 2.06. The Morgan fingerprint density at radius 3 is 2.67 bits per heavy atom. The number of nitrogens with one attached hydrogen (secondary N) is 2. The van der Waals surface area contributed by atoms with Gasteiger partial charge < -0.3 is 10.6 Å². The first-order valence-electron chi connectivity index (χ1n) is 6.14. The zero-order valence-corrected chi connectivity index (χ0v) is 11.8. The summed E-state index contributed by atoms with van der Waals surface area (Å²) in [5.41, 5.74) is 0. The van der Waals surface area contributed by atoms with Gasteiger partial charge in [-0.25, -0.2) is 4.98 Å². The molecule has 18 heavy (non-hydrogen) atoms. The highest BCUT2D eigenvalue weighted by atomic mass is 32.1. The Morgan fingerprint density at radius 1 is 1.22 bits per heavy atom. The van der Waals surface area contributed by atoms with E-state index in [1.807, 2.05) is 36.6 Å². The van der Waals surface area contributed by atoms with Crippen LogP contribution in [0.25, 0.3) is 0 Å². The van der Waals surface area contributed by atoms with Gasteiger partial charge in [-0.05, 0) is 38.1 Å². The minimum Gasteiger partial charge on any atom is -0.373 e. The average Bonchev–Trinajstić information content (AvgIpc) is 2.74. The molecule has 0 saturated heterocycles. The zero-order chi connectivity index (χ0) is 13.0. The van der Waals surface area contributed by atoms with Crippen LogP contribution in [0.5, 0.6) is 0 Å². The number of hydrogen-bond acceptors (Lipinski definition) is 4. The van der Waals surface area contributed by atoms with Crippen LogP contribution in [0.1, 0.15) is 16.7 Å². The lowest BCUT2D eigenvalue weighted by atomic mass is 10.2. The molecule has 1 atom stereocenters. The summed E-state index contributed by atoms with van der Waals surface area (Å²) < 4.78 is 0. The molecule has 3 nitrogen and oxygen atoms in total. The number of pyridine rings is 1. The third-order valence-electron chi connectivity index (χ3n) is 2.70. The van der Waals surface area contributed by atoms with Gasteiger partial charge in [0.25, 0.3) is 0 Å². The van der Waals surface area contributed by atoms with Gasteiger partial charge >= 0.3 is 0 Å². The molecule has 0 saturated carbocycles. The summed E-state index contributed by atoms with van der Waals surface area (Å²) in [7, 11) is 1.88. The summed E-state index contributed by atoms with van der Waals surface area (Å²) in [5.74, 6) is 1.81. The highest BCUT2D eigenvalue weighted by molar-refractivity contribution is 7.11. The van der Waals surface area contributed by atoms with Crippen molar-refractivity contribution in [1.29, 1.82) is 0 Å². The number of rotatable bonds is 5. The summed E-state index contributed by atoms with van der Waals surface area (Å²) in [6, 6.07) is 10.7. The quantitative estimate of drug-likeness (QED) is 0.864. The van der Waals surface area contributed by atoms with Crippen molar-refractivity contribution in [3.05, 3.63) is 40.1 Å². The van der Waals surface area contributed by atoms with E-state index in [4.69, 9.17) is 0 Å². The van der Waals surface area contributed by atoms with Crippen LogP contribution in [0, 0.1) is 6.92 Å². The Balaban J connectivity index is 1.96. The highest BCUT2D eigenvalue weighted by Crippen LogP contribution is 2.18. The zero-order valence-electron chi connectivity index (χ0n) is 11.0. The largest absolute Gasteiger partial charge is 0.373 e. The van der Waals surface area contributed by atoms with Gasteiger partial charge in [-0.3, -0.25) is 0 Å². The number of aryl methyl sites for hydroxylation is 1. The Morgan fingerprint density at radius 2 is 2.00 bits per heavy atom. The molecule has 96 valence electrons. The number of aromatic nitrogens is 1. The predicted octanol–water partition coefficient (Wildman–Crippen LogP) is 3.54. The number of hydrogen-bond donors (Lipinski definition) is 2. The standard InChI is InChI=1S/C14H19N3S/c1-10(9-12-8-7-11(2)18-12)16-14-6-4-5-13(15-3)17-14/h4-8,10H,9H2,1-3H3,(H2,15,16,17). The van der Waals surface area contributed by atoms with E-state index in [0.29, 0.717) is 6.04 Å². The number of thiophene rings is 1. The Labute approximate surface area is 112 Å². The molecule has 2 rings (SSSR count). The van der Waals surface area contributed by atoms with E-state index >= 15 is 0 Å². The summed E-state index contributed by atoms with van der Waals surface area (Å²) in [5, 5.41) is 6.47. The van der Waals surface area contributed by atoms with Crippen molar-refractivity contribution < 1.29 is 0 Å². The maximum Gasteiger partial charge on any atom is 0.128 e. The van der Waals surface area contributed by atoms with Gasteiger partial charge in [0.1, 0.15) is 11.6 Å². The van der Waals surface area contributed by atoms with E-state index in [9.17, 15) is 0 Å². The Bertz CT molecular complexity index is 507. The second-order valence-electron chi connectivity index (χ2n) is 4.42. The van der Waals surface area contributed by atoms with E-state index < -0.39 is 0 Å². The second kappa shape index (κ2) is 5.87. The second-order valence-corrected chi connectivity index (χ2v) is 5.79. The first kappa shape index (κ1) is 12.9. The Hall–Kier alpha value is -1.55. The van der Waals surface area contributed by atoms with E-state index in [1.54, 1.807) is 0 Å². The molecule has 0 aliphatic rings. The van der Waals surface area contributed by atoms with Gasteiger partial charge in [-0.1, -0.05) is 6.07 Å². The SMILES string of the molecule is CNc1cccc(NC(C)Cc2ccc(C)s2)n1. The normalized spacial score (nSPS) is 12.2. The van der Waals surface area contributed by atoms with E-state index in [2.05, 4.69) is 41.6 Å². The minimum absolute atomic E-state index is 0.377. The molecule has 0 radical (unpaired) electrons. The summed E-state index contributed by atoms with van der Waals surface area (Å²) in [6.07, 6.45) is 1.03. The van der Waals surface area contributed by atoms with E-state index in [0.717, 1.165) is 18.1 Å². The lowest BCUT2D eigenvalue weighted by molar-refractivity contribution is 0.795. The molecule has 0 bridgehead atoms. The van der Waals surface area contributed by atoms with E-state index in [-0.39, 0.29) is 0 Å². The summed E-state index contributed by atoms with van der Waals surface area (Å²) in [4.78, 5) is 7.24. The van der Waals surface area contributed by atoms with Gasteiger partial charge in [-0.15, -0.1) is 11.3 Å². The van der Waals surface area contributed by atoms with Crippen LogP contribution >= 0.6 is 11.3 Å². The van der Waals surface area contributed by atoms with Crippen molar-refractivity contribution in [3.8, 4) is 0 Å². The van der Waals surface area contributed by atoms with Crippen molar-refractivity contribution in [2.45, 2.75) is 26.3 Å². The lowest BCUT2D eigenvalue weighted by Gasteiger charge is -2.14. The van der Waals surface area contributed by atoms with Crippen molar-refractivity contribution in [3.63, 3.8) is 0 Å². The number of nitrogens with zero attached hydrogens (tertiary/aromatic N) is 1. The molecule has 0 fully saturated rings. The van der Waals surface area contributed by atoms with Crippen LogP contribution in [-0.2, 0) is 6.42 Å².